The first-order valence-electron chi connectivity index (χ1n) is 11.0. The highest BCUT2D eigenvalue weighted by Crippen LogP contribution is 2.31. The maximum Gasteiger partial charge on any atom is 0.416 e. The van der Waals surface area contributed by atoms with E-state index in [0.29, 0.717) is 25.2 Å². The highest BCUT2D eigenvalue weighted by Gasteiger charge is 2.33. The third kappa shape index (κ3) is 6.36. The molecule has 0 aromatic heterocycles. The summed E-state index contributed by atoms with van der Waals surface area (Å²) in [6.07, 6.45) is -3.15. The number of amides is 3. The maximum absolute atomic E-state index is 12.9. The van der Waals surface area contributed by atoms with E-state index in [0.717, 1.165) is 18.6 Å². The molecule has 182 valence electrons. The van der Waals surface area contributed by atoms with Gasteiger partial charge in [0.25, 0.3) is 5.91 Å². The Bertz CT molecular complexity index is 1080. The third-order valence-electron chi connectivity index (χ3n) is 5.56. The molecule has 3 rings (SSSR count). The van der Waals surface area contributed by atoms with Gasteiger partial charge in [-0.2, -0.15) is 13.2 Å². The Kier molecular flexibility index (Phi) is 7.33. The maximum atomic E-state index is 12.9. The van der Waals surface area contributed by atoms with Crippen LogP contribution in [0, 0.1) is 11.3 Å². The summed E-state index contributed by atoms with van der Waals surface area (Å²) in [5, 5.41) is 5.24. The lowest BCUT2D eigenvalue weighted by atomic mass is 9.91. The van der Waals surface area contributed by atoms with Gasteiger partial charge in [0, 0.05) is 35.4 Å². The van der Waals surface area contributed by atoms with Gasteiger partial charge in [-0.3, -0.25) is 14.4 Å². The number of carbonyl (C=O) groups excluding carboxylic acids is 3. The van der Waals surface area contributed by atoms with Crippen LogP contribution in [0.3, 0.4) is 0 Å². The zero-order valence-electron chi connectivity index (χ0n) is 19.3. The molecule has 1 unspecified atom stereocenters. The van der Waals surface area contributed by atoms with Gasteiger partial charge >= 0.3 is 6.18 Å². The number of nitrogens with one attached hydrogen (secondary N) is 2. The van der Waals surface area contributed by atoms with E-state index in [9.17, 15) is 27.6 Å². The summed E-state index contributed by atoms with van der Waals surface area (Å²) in [4.78, 5) is 39.7. The molecule has 1 saturated heterocycles. The van der Waals surface area contributed by atoms with Crippen molar-refractivity contribution in [2.75, 3.05) is 23.7 Å². The molecule has 2 aromatic rings. The molecule has 0 radical (unpaired) electrons. The van der Waals surface area contributed by atoms with Gasteiger partial charge in [0.1, 0.15) is 0 Å². The predicted octanol–water partition coefficient (Wildman–Crippen LogP) is 5.18. The normalized spacial score (nSPS) is 16.6. The molecule has 2 N–H and O–H groups in total. The molecular weight excluding hydrogens is 447 g/mol. The molecule has 6 nitrogen and oxygen atoms in total. The number of piperidine rings is 1. The molecule has 9 heteroatoms. The van der Waals surface area contributed by atoms with Crippen molar-refractivity contribution < 1.29 is 27.6 Å². The van der Waals surface area contributed by atoms with Crippen LogP contribution in [0.4, 0.5) is 24.5 Å². The Hall–Kier alpha value is -3.36. The van der Waals surface area contributed by atoms with Crippen molar-refractivity contribution in [3.63, 3.8) is 0 Å². The Morgan fingerprint density at radius 2 is 1.59 bits per heavy atom. The van der Waals surface area contributed by atoms with Crippen molar-refractivity contribution in [2.45, 2.75) is 39.8 Å². The standard InChI is InChI=1S/C25H28F3N3O3/c1-24(2,3)23(34)31-12-6-8-17(15-31)22(33)29-19-10-4-7-16(13-19)21(32)30-20-11-5-9-18(14-20)25(26,27)28/h4-5,7,9-11,13-14,17H,6,8,12,15H2,1-3H3,(H,29,33)(H,30,32). The highest BCUT2D eigenvalue weighted by atomic mass is 19.4. The van der Waals surface area contributed by atoms with Crippen LogP contribution in [-0.4, -0.2) is 35.7 Å². The number of anilines is 2. The van der Waals surface area contributed by atoms with Gasteiger partial charge in [-0.25, -0.2) is 0 Å². The number of hydrogen-bond acceptors (Lipinski definition) is 3. The SMILES string of the molecule is CC(C)(C)C(=O)N1CCCC(C(=O)Nc2cccc(C(=O)Nc3cccc(C(F)(F)F)c3)c2)C1. The van der Waals surface area contributed by atoms with E-state index >= 15 is 0 Å². The lowest BCUT2D eigenvalue weighted by molar-refractivity contribution is -0.142. The number of carbonyl (C=O) groups is 3. The second-order valence-electron chi connectivity index (χ2n) is 9.44. The molecule has 0 spiro atoms. The highest BCUT2D eigenvalue weighted by molar-refractivity contribution is 6.05. The fourth-order valence-electron chi connectivity index (χ4n) is 3.81. The van der Waals surface area contributed by atoms with Crippen LogP contribution in [0.2, 0.25) is 0 Å². The summed E-state index contributed by atoms with van der Waals surface area (Å²) in [5.74, 6) is -1.22. The van der Waals surface area contributed by atoms with Crippen molar-refractivity contribution in [3.8, 4) is 0 Å². The average Bonchev–Trinajstić information content (AvgIpc) is 2.78. The summed E-state index contributed by atoms with van der Waals surface area (Å²) in [7, 11) is 0. The second kappa shape index (κ2) is 9.87. The van der Waals surface area contributed by atoms with E-state index in [1.54, 1.807) is 17.0 Å². The quantitative estimate of drug-likeness (QED) is 0.640. The van der Waals surface area contributed by atoms with E-state index < -0.39 is 23.1 Å². The molecule has 1 aliphatic rings. The zero-order valence-corrected chi connectivity index (χ0v) is 19.3. The minimum atomic E-state index is -4.52. The second-order valence-corrected chi connectivity index (χ2v) is 9.44. The van der Waals surface area contributed by atoms with Crippen molar-refractivity contribution in [3.05, 3.63) is 59.7 Å². The number of alkyl halides is 3. The molecular formula is C25H28F3N3O3. The van der Waals surface area contributed by atoms with Crippen molar-refractivity contribution >= 4 is 29.1 Å². The summed E-state index contributed by atoms with van der Waals surface area (Å²) in [5.41, 5.74) is -0.804. The van der Waals surface area contributed by atoms with Crippen LogP contribution < -0.4 is 10.6 Å². The van der Waals surface area contributed by atoms with Gasteiger partial charge in [0.05, 0.1) is 11.5 Å². The summed E-state index contributed by atoms with van der Waals surface area (Å²) < 4.78 is 38.7. The van der Waals surface area contributed by atoms with E-state index in [1.165, 1.54) is 24.3 Å². The summed E-state index contributed by atoms with van der Waals surface area (Å²) in [6, 6.07) is 10.5. The molecule has 1 fully saturated rings. The van der Waals surface area contributed by atoms with Crippen molar-refractivity contribution in [1.29, 1.82) is 0 Å². The van der Waals surface area contributed by atoms with Crippen LogP contribution in [0.25, 0.3) is 0 Å². The van der Waals surface area contributed by atoms with Gasteiger partial charge < -0.3 is 15.5 Å². The molecule has 1 heterocycles. The largest absolute Gasteiger partial charge is 0.416 e. The minimum absolute atomic E-state index is 0.00161. The molecule has 3 amide bonds. The molecule has 1 atom stereocenters. The first kappa shape index (κ1) is 25.3. The number of nitrogens with zero attached hydrogens (tertiary/aromatic N) is 1. The first-order valence-corrected chi connectivity index (χ1v) is 11.0. The minimum Gasteiger partial charge on any atom is -0.341 e. The lowest BCUT2D eigenvalue weighted by Crippen LogP contribution is -2.47. The average molecular weight is 476 g/mol. The van der Waals surface area contributed by atoms with Crippen LogP contribution >= 0.6 is 0 Å². The molecule has 34 heavy (non-hydrogen) atoms. The monoisotopic (exact) mass is 475 g/mol. The van der Waals surface area contributed by atoms with Crippen LogP contribution in [0.15, 0.2) is 48.5 Å². The van der Waals surface area contributed by atoms with Gasteiger partial charge in [0.2, 0.25) is 11.8 Å². The Morgan fingerprint density at radius 3 is 2.24 bits per heavy atom. The summed E-state index contributed by atoms with van der Waals surface area (Å²) >= 11 is 0. The summed E-state index contributed by atoms with van der Waals surface area (Å²) in [6.45, 7) is 6.47. The van der Waals surface area contributed by atoms with Crippen LogP contribution in [-0.2, 0) is 15.8 Å². The topological polar surface area (TPSA) is 78.5 Å². The third-order valence-corrected chi connectivity index (χ3v) is 5.56. The van der Waals surface area contributed by atoms with Gasteiger partial charge in [0.15, 0.2) is 0 Å². The number of rotatable bonds is 4. The fourth-order valence-corrected chi connectivity index (χ4v) is 3.81. The number of halogens is 3. The van der Waals surface area contributed by atoms with E-state index in [2.05, 4.69) is 10.6 Å². The van der Waals surface area contributed by atoms with Gasteiger partial charge in [-0.05, 0) is 49.2 Å². The molecule has 0 saturated carbocycles. The lowest BCUT2D eigenvalue weighted by Gasteiger charge is -2.35. The number of hydrogen-bond donors (Lipinski definition) is 2. The van der Waals surface area contributed by atoms with Gasteiger partial charge in [-0.15, -0.1) is 0 Å². The van der Waals surface area contributed by atoms with Crippen LogP contribution in [0.5, 0.6) is 0 Å². The van der Waals surface area contributed by atoms with Crippen molar-refractivity contribution in [1.82, 2.24) is 4.90 Å². The Morgan fingerprint density at radius 1 is 0.941 bits per heavy atom. The van der Waals surface area contributed by atoms with Crippen molar-refractivity contribution in [2.24, 2.45) is 11.3 Å². The molecule has 1 aliphatic heterocycles. The molecule has 2 aromatic carbocycles. The smallest absolute Gasteiger partial charge is 0.341 e. The Balaban J connectivity index is 1.66. The van der Waals surface area contributed by atoms with Gasteiger partial charge in [-0.1, -0.05) is 32.9 Å². The van der Waals surface area contributed by atoms with E-state index in [1.807, 2.05) is 20.8 Å². The Labute approximate surface area is 196 Å². The van der Waals surface area contributed by atoms with Crippen LogP contribution in [0.1, 0.15) is 49.5 Å². The van der Waals surface area contributed by atoms with E-state index in [-0.39, 0.29) is 29.0 Å². The number of likely N-dealkylation sites (tertiary alicyclic amines) is 1. The van der Waals surface area contributed by atoms with E-state index in [4.69, 9.17) is 0 Å². The number of benzene rings is 2. The molecule has 0 bridgehead atoms. The first-order chi connectivity index (χ1) is 15.8. The predicted molar refractivity (Wildman–Crippen MR) is 123 cm³/mol. The zero-order chi connectivity index (χ0) is 25.1. The fraction of sp³-hybridized carbons (Fsp3) is 0.400. The molecule has 0 aliphatic carbocycles.